The first-order valence-corrected chi connectivity index (χ1v) is 20.6. The summed E-state index contributed by atoms with van der Waals surface area (Å²) in [5.74, 6) is 0. The average Bonchev–Trinajstić information content (AvgIpc) is 3.96. The van der Waals surface area contributed by atoms with Crippen LogP contribution in [0.1, 0.15) is 25.0 Å². The summed E-state index contributed by atoms with van der Waals surface area (Å²) >= 11 is 3.86. The molecule has 0 N–H and O–H groups in total. The third-order valence-corrected chi connectivity index (χ3v) is 14.3. The van der Waals surface area contributed by atoms with Gasteiger partial charge in [0.15, 0.2) is 0 Å². The van der Waals surface area contributed by atoms with E-state index in [1.54, 1.807) is 0 Å². The van der Waals surface area contributed by atoms with E-state index in [0.717, 1.165) is 22.7 Å². The van der Waals surface area contributed by atoms with Gasteiger partial charge in [-0.15, -0.1) is 22.7 Å². The first-order chi connectivity index (χ1) is 27.1. The summed E-state index contributed by atoms with van der Waals surface area (Å²) in [6, 6.07) is 62.9. The fourth-order valence-corrected chi connectivity index (χ4v) is 12.1. The molecule has 1 aliphatic rings. The largest absolute Gasteiger partial charge is 0.310 e. The van der Waals surface area contributed by atoms with Gasteiger partial charge in [0, 0.05) is 74.6 Å². The van der Waals surface area contributed by atoms with E-state index in [9.17, 15) is 0 Å². The molecule has 260 valence electrons. The van der Waals surface area contributed by atoms with Crippen molar-refractivity contribution in [3.8, 4) is 16.8 Å². The standard InChI is InChI=1S/C51H34N2S2/c1-51(2)40-23-10-6-19-35(40)36-28-27-34(30-41(36)51)52(31-15-4-3-5-16-31)32-17-14-18-33(29-32)53-42-24-11-7-20-37(42)45-46-38-21-8-12-25-43(38)54-49(46)47-39-22-9-13-26-44(39)55-50(47)48(45)53/h3-30H,1-2H3. The maximum Gasteiger partial charge on any atom is 0.0727 e. The first kappa shape index (κ1) is 31.2. The summed E-state index contributed by atoms with van der Waals surface area (Å²) in [6.45, 7) is 4.72. The third kappa shape index (κ3) is 4.29. The van der Waals surface area contributed by atoms with Crippen molar-refractivity contribution < 1.29 is 0 Å². The van der Waals surface area contributed by atoms with E-state index in [0.29, 0.717) is 0 Å². The monoisotopic (exact) mass is 738 g/mol. The molecule has 0 radical (unpaired) electrons. The molecule has 12 rings (SSSR count). The van der Waals surface area contributed by atoms with Gasteiger partial charge in [-0.05, 0) is 82.9 Å². The molecule has 2 nitrogen and oxygen atoms in total. The number of aromatic nitrogens is 1. The van der Waals surface area contributed by atoms with E-state index in [1.807, 2.05) is 22.7 Å². The SMILES string of the molecule is CC1(C)c2ccccc2-c2ccc(N(c3ccccc3)c3cccc(-n4c5ccccc5c5c6c7ccccc7sc6c6c7ccccc7sc6c54)c3)cc21. The molecule has 8 aromatic carbocycles. The number of anilines is 3. The van der Waals surface area contributed by atoms with Crippen molar-refractivity contribution in [3.05, 3.63) is 181 Å². The van der Waals surface area contributed by atoms with Gasteiger partial charge in [0.2, 0.25) is 0 Å². The first-order valence-electron chi connectivity index (χ1n) is 18.9. The lowest BCUT2D eigenvalue weighted by atomic mass is 9.82. The van der Waals surface area contributed by atoms with E-state index in [1.165, 1.54) is 84.4 Å². The number of hydrogen-bond acceptors (Lipinski definition) is 3. The second-order valence-electron chi connectivity index (χ2n) is 15.3. The van der Waals surface area contributed by atoms with Crippen molar-refractivity contribution in [3.63, 3.8) is 0 Å². The molecular weight excluding hydrogens is 705 g/mol. The van der Waals surface area contributed by atoms with Gasteiger partial charge in [-0.25, -0.2) is 0 Å². The minimum Gasteiger partial charge on any atom is -0.310 e. The Hall–Kier alpha value is -6.20. The van der Waals surface area contributed by atoms with Gasteiger partial charge in [-0.1, -0.05) is 123 Å². The molecular formula is C51H34N2S2. The van der Waals surface area contributed by atoms with E-state index in [4.69, 9.17) is 0 Å². The highest BCUT2D eigenvalue weighted by molar-refractivity contribution is 7.30. The number of nitrogens with zero attached hydrogens (tertiary/aromatic N) is 2. The number of benzene rings is 8. The lowest BCUT2D eigenvalue weighted by Gasteiger charge is -2.28. The fraction of sp³-hybridized carbons (Fsp3) is 0.0588. The predicted octanol–water partition coefficient (Wildman–Crippen LogP) is 15.3. The maximum atomic E-state index is 2.55. The summed E-state index contributed by atoms with van der Waals surface area (Å²) in [5.41, 5.74) is 12.4. The minimum absolute atomic E-state index is 0.0953. The number of thiophene rings is 2. The average molecular weight is 739 g/mol. The zero-order chi connectivity index (χ0) is 36.4. The Morgan fingerprint density at radius 3 is 1.89 bits per heavy atom. The molecule has 0 bridgehead atoms. The molecule has 0 saturated heterocycles. The quantitative estimate of drug-likeness (QED) is 0.175. The highest BCUT2D eigenvalue weighted by atomic mass is 32.1. The molecule has 0 saturated carbocycles. The second-order valence-corrected chi connectivity index (χ2v) is 17.4. The van der Waals surface area contributed by atoms with Crippen LogP contribution in [0.4, 0.5) is 17.1 Å². The number of hydrogen-bond donors (Lipinski definition) is 0. The lowest BCUT2D eigenvalue weighted by molar-refractivity contribution is 0.660. The van der Waals surface area contributed by atoms with Gasteiger partial charge in [-0.3, -0.25) is 0 Å². The smallest absolute Gasteiger partial charge is 0.0727 e. The fourth-order valence-electron chi connectivity index (χ4n) is 9.51. The van der Waals surface area contributed by atoms with Crippen molar-refractivity contribution in [1.29, 1.82) is 0 Å². The number of fused-ring (bicyclic) bond motifs is 15. The van der Waals surface area contributed by atoms with E-state index in [-0.39, 0.29) is 5.41 Å². The highest BCUT2D eigenvalue weighted by Crippen LogP contribution is 2.53. The highest BCUT2D eigenvalue weighted by Gasteiger charge is 2.36. The molecule has 1 aliphatic carbocycles. The van der Waals surface area contributed by atoms with Crippen LogP contribution >= 0.6 is 22.7 Å². The van der Waals surface area contributed by atoms with Gasteiger partial charge in [0.25, 0.3) is 0 Å². The molecule has 55 heavy (non-hydrogen) atoms. The molecule has 0 amide bonds. The number of para-hydroxylation sites is 2. The molecule has 0 fully saturated rings. The van der Waals surface area contributed by atoms with Crippen LogP contribution in [0.2, 0.25) is 0 Å². The van der Waals surface area contributed by atoms with Crippen LogP contribution in [-0.4, -0.2) is 4.57 Å². The summed E-state index contributed by atoms with van der Waals surface area (Å²) in [4.78, 5) is 2.43. The molecule has 0 unspecified atom stereocenters. The van der Waals surface area contributed by atoms with Crippen molar-refractivity contribution >= 4 is 102 Å². The summed E-state index contributed by atoms with van der Waals surface area (Å²) in [6.07, 6.45) is 0. The lowest BCUT2D eigenvalue weighted by Crippen LogP contribution is -2.16. The molecule has 0 atom stereocenters. The Bertz CT molecular complexity index is 3360. The third-order valence-electron chi connectivity index (χ3n) is 11.9. The Kier molecular flexibility index (Phi) is 6.47. The van der Waals surface area contributed by atoms with Gasteiger partial charge in [-0.2, -0.15) is 0 Å². The minimum atomic E-state index is -0.0953. The molecule has 0 aliphatic heterocycles. The van der Waals surface area contributed by atoms with Crippen LogP contribution in [0.5, 0.6) is 0 Å². The van der Waals surface area contributed by atoms with Crippen LogP contribution in [-0.2, 0) is 5.41 Å². The van der Waals surface area contributed by atoms with E-state index >= 15 is 0 Å². The van der Waals surface area contributed by atoms with Crippen molar-refractivity contribution in [2.24, 2.45) is 0 Å². The Morgan fingerprint density at radius 2 is 1.07 bits per heavy atom. The Morgan fingerprint density at radius 1 is 0.455 bits per heavy atom. The Labute approximate surface area is 326 Å². The molecule has 3 aromatic heterocycles. The zero-order valence-electron chi connectivity index (χ0n) is 30.4. The van der Waals surface area contributed by atoms with Crippen molar-refractivity contribution in [1.82, 2.24) is 4.57 Å². The van der Waals surface area contributed by atoms with E-state index < -0.39 is 0 Å². The number of rotatable bonds is 4. The predicted molar refractivity (Wildman–Crippen MR) is 239 cm³/mol. The molecule has 0 spiro atoms. The molecule has 3 heterocycles. The van der Waals surface area contributed by atoms with Crippen LogP contribution in [0.15, 0.2) is 170 Å². The Balaban J connectivity index is 1.15. The van der Waals surface area contributed by atoms with Crippen LogP contribution < -0.4 is 4.90 Å². The second kappa shape index (κ2) is 11.4. The normalized spacial score (nSPS) is 13.4. The molecule has 11 aromatic rings. The van der Waals surface area contributed by atoms with Gasteiger partial charge < -0.3 is 9.47 Å². The van der Waals surface area contributed by atoms with Crippen LogP contribution in [0.25, 0.3) is 79.0 Å². The summed E-state index contributed by atoms with van der Waals surface area (Å²) in [7, 11) is 0. The topological polar surface area (TPSA) is 8.17 Å². The van der Waals surface area contributed by atoms with Crippen LogP contribution in [0.3, 0.4) is 0 Å². The van der Waals surface area contributed by atoms with Crippen molar-refractivity contribution in [2.45, 2.75) is 19.3 Å². The van der Waals surface area contributed by atoms with Gasteiger partial charge >= 0.3 is 0 Å². The van der Waals surface area contributed by atoms with Gasteiger partial charge in [0.1, 0.15) is 0 Å². The van der Waals surface area contributed by atoms with Crippen LogP contribution in [0, 0.1) is 0 Å². The van der Waals surface area contributed by atoms with E-state index in [2.05, 4.69) is 193 Å². The van der Waals surface area contributed by atoms with Crippen molar-refractivity contribution in [2.75, 3.05) is 4.90 Å². The molecule has 4 heteroatoms. The summed E-state index contributed by atoms with van der Waals surface area (Å²) in [5, 5.41) is 8.04. The zero-order valence-corrected chi connectivity index (χ0v) is 32.0. The maximum absolute atomic E-state index is 2.55. The summed E-state index contributed by atoms with van der Waals surface area (Å²) < 4.78 is 7.93. The van der Waals surface area contributed by atoms with Gasteiger partial charge in [0.05, 0.1) is 15.7 Å².